The van der Waals surface area contributed by atoms with Crippen LogP contribution in [0.5, 0.6) is 0 Å². The highest BCUT2D eigenvalue weighted by Crippen LogP contribution is 2.28. The Morgan fingerprint density at radius 3 is 2.73 bits per heavy atom. The molecule has 3 aromatic rings. The van der Waals surface area contributed by atoms with Gasteiger partial charge in [0.25, 0.3) is 11.6 Å². The Balaban J connectivity index is 1.50. The van der Waals surface area contributed by atoms with Crippen molar-refractivity contribution in [3.05, 3.63) is 63.7 Å². The maximum Gasteiger partial charge on any atom is 0.270 e. The van der Waals surface area contributed by atoms with Gasteiger partial charge in [-0.3, -0.25) is 14.9 Å². The normalized spacial score (nSPS) is 13.7. The summed E-state index contributed by atoms with van der Waals surface area (Å²) in [7, 11) is 1.80. The zero-order valence-electron chi connectivity index (χ0n) is 16.6. The van der Waals surface area contributed by atoms with Crippen molar-refractivity contribution in [1.82, 2.24) is 14.9 Å². The van der Waals surface area contributed by atoms with E-state index < -0.39 is 4.92 Å². The fourth-order valence-electron chi connectivity index (χ4n) is 3.87. The standard InChI is InChI=1S/C21H22FN5O3/c1-25-19-12-14(22)4-6-17(19)24-20(25)8-9-23-21(28)16-13-15(27(29)30)5-7-18(16)26-10-2-3-11-26/h4-7,12-13H,2-3,8-11H2,1H3,(H,23,28). The van der Waals surface area contributed by atoms with E-state index in [1.54, 1.807) is 23.7 Å². The summed E-state index contributed by atoms with van der Waals surface area (Å²) < 4.78 is 15.3. The van der Waals surface area contributed by atoms with Crippen LogP contribution >= 0.6 is 0 Å². The highest BCUT2D eigenvalue weighted by atomic mass is 19.1. The first-order chi connectivity index (χ1) is 14.4. The van der Waals surface area contributed by atoms with Crippen LogP contribution in [0, 0.1) is 15.9 Å². The number of nitrogens with one attached hydrogen (secondary N) is 1. The van der Waals surface area contributed by atoms with Gasteiger partial charge in [-0.1, -0.05) is 0 Å². The maximum atomic E-state index is 13.5. The van der Waals surface area contributed by atoms with Gasteiger partial charge in [-0.05, 0) is 37.1 Å². The molecule has 1 N–H and O–H groups in total. The van der Waals surface area contributed by atoms with E-state index in [2.05, 4.69) is 15.2 Å². The minimum absolute atomic E-state index is 0.111. The van der Waals surface area contributed by atoms with Crippen LogP contribution in [0.1, 0.15) is 29.0 Å². The molecule has 4 rings (SSSR count). The number of aryl methyl sites for hydroxylation is 1. The van der Waals surface area contributed by atoms with E-state index in [0.717, 1.165) is 31.8 Å². The summed E-state index contributed by atoms with van der Waals surface area (Å²) >= 11 is 0. The van der Waals surface area contributed by atoms with E-state index in [0.29, 0.717) is 35.2 Å². The van der Waals surface area contributed by atoms with Gasteiger partial charge < -0.3 is 14.8 Å². The predicted molar refractivity (Wildman–Crippen MR) is 111 cm³/mol. The molecule has 1 aliphatic heterocycles. The average Bonchev–Trinajstić information content (AvgIpc) is 3.37. The molecule has 0 unspecified atom stereocenters. The fourth-order valence-corrected chi connectivity index (χ4v) is 3.87. The van der Waals surface area contributed by atoms with Crippen LogP contribution in [0.4, 0.5) is 15.8 Å². The van der Waals surface area contributed by atoms with Gasteiger partial charge in [0, 0.05) is 45.2 Å². The number of non-ortho nitro benzene ring substituents is 1. The van der Waals surface area contributed by atoms with Gasteiger partial charge in [0.05, 0.1) is 27.2 Å². The number of rotatable bonds is 6. The molecule has 1 aliphatic rings. The lowest BCUT2D eigenvalue weighted by atomic mass is 10.1. The first-order valence-electron chi connectivity index (χ1n) is 9.86. The summed E-state index contributed by atoms with van der Waals surface area (Å²) in [5.74, 6) is 0.0329. The number of carbonyl (C=O) groups is 1. The van der Waals surface area contributed by atoms with Crippen LogP contribution in [0.25, 0.3) is 11.0 Å². The molecular formula is C21H22FN5O3. The lowest BCUT2D eigenvalue weighted by molar-refractivity contribution is -0.384. The molecule has 0 bridgehead atoms. The number of fused-ring (bicyclic) bond motifs is 1. The zero-order chi connectivity index (χ0) is 21.3. The molecule has 8 nitrogen and oxygen atoms in total. The molecule has 1 amide bonds. The first kappa shape index (κ1) is 19.8. The van der Waals surface area contributed by atoms with Crippen LogP contribution in [-0.4, -0.2) is 40.0 Å². The quantitative estimate of drug-likeness (QED) is 0.497. The van der Waals surface area contributed by atoms with Crippen molar-refractivity contribution < 1.29 is 14.1 Å². The first-order valence-corrected chi connectivity index (χ1v) is 9.86. The summed E-state index contributed by atoms with van der Waals surface area (Å²) in [6.07, 6.45) is 2.52. The summed E-state index contributed by atoms with van der Waals surface area (Å²) in [5, 5.41) is 14.0. The molecular weight excluding hydrogens is 389 g/mol. The Labute approximate surface area is 172 Å². The Kier molecular flexibility index (Phi) is 5.35. The Hall–Kier alpha value is -3.49. The number of benzene rings is 2. The van der Waals surface area contributed by atoms with Crippen molar-refractivity contribution in [2.45, 2.75) is 19.3 Å². The van der Waals surface area contributed by atoms with E-state index in [9.17, 15) is 19.3 Å². The molecule has 0 saturated carbocycles. The van der Waals surface area contributed by atoms with Crippen molar-refractivity contribution in [3.63, 3.8) is 0 Å². The Morgan fingerprint density at radius 1 is 1.23 bits per heavy atom. The molecule has 1 saturated heterocycles. The van der Waals surface area contributed by atoms with Gasteiger partial charge in [0.15, 0.2) is 0 Å². The number of imidazole rings is 1. The number of carbonyl (C=O) groups excluding carboxylic acids is 1. The SMILES string of the molecule is Cn1c(CCNC(=O)c2cc([N+](=O)[O-])ccc2N2CCCC2)nc2ccc(F)cc21. The van der Waals surface area contributed by atoms with E-state index >= 15 is 0 Å². The second-order valence-electron chi connectivity index (χ2n) is 7.38. The molecule has 0 aliphatic carbocycles. The second kappa shape index (κ2) is 8.10. The van der Waals surface area contributed by atoms with Crippen LogP contribution in [0.15, 0.2) is 36.4 Å². The molecule has 9 heteroatoms. The number of halogens is 1. The topological polar surface area (TPSA) is 93.3 Å². The molecule has 0 atom stereocenters. The highest BCUT2D eigenvalue weighted by molar-refractivity contribution is 6.00. The third-order valence-corrected chi connectivity index (χ3v) is 5.45. The number of aromatic nitrogens is 2. The summed E-state index contributed by atoms with van der Waals surface area (Å²) in [6.45, 7) is 1.96. The Morgan fingerprint density at radius 2 is 2.00 bits per heavy atom. The summed E-state index contributed by atoms with van der Waals surface area (Å²) in [6, 6.07) is 8.83. The lowest BCUT2D eigenvalue weighted by Gasteiger charge is -2.20. The number of nitro groups is 1. The summed E-state index contributed by atoms with van der Waals surface area (Å²) in [4.78, 5) is 30.1. The molecule has 2 heterocycles. The minimum Gasteiger partial charge on any atom is -0.371 e. The van der Waals surface area contributed by atoms with E-state index in [-0.39, 0.29) is 17.4 Å². The molecule has 0 radical (unpaired) electrons. The molecule has 1 fully saturated rings. The lowest BCUT2D eigenvalue weighted by Crippen LogP contribution is -2.29. The summed E-state index contributed by atoms with van der Waals surface area (Å²) in [5.41, 5.74) is 2.29. The van der Waals surface area contributed by atoms with Crippen LogP contribution < -0.4 is 10.2 Å². The molecule has 0 spiro atoms. The number of nitrogens with zero attached hydrogens (tertiary/aromatic N) is 4. The predicted octanol–water partition coefficient (Wildman–Crippen LogP) is 3.19. The van der Waals surface area contributed by atoms with Gasteiger partial charge >= 0.3 is 0 Å². The number of hydrogen-bond donors (Lipinski definition) is 1. The van der Waals surface area contributed by atoms with Crippen molar-refractivity contribution in [3.8, 4) is 0 Å². The van der Waals surface area contributed by atoms with Crippen LogP contribution in [-0.2, 0) is 13.5 Å². The fraction of sp³-hybridized carbons (Fsp3) is 0.333. The van der Waals surface area contributed by atoms with Crippen LogP contribution in [0.2, 0.25) is 0 Å². The third-order valence-electron chi connectivity index (χ3n) is 5.45. The molecule has 30 heavy (non-hydrogen) atoms. The Bertz CT molecular complexity index is 1120. The van der Waals surface area contributed by atoms with Crippen molar-refractivity contribution in [2.75, 3.05) is 24.5 Å². The third kappa shape index (κ3) is 3.83. The van der Waals surface area contributed by atoms with Gasteiger partial charge in [-0.25, -0.2) is 9.37 Å². The van der Waals surface area contributed by atoms with E-state index in [4.69, 9.17) is 0 Å². The smallest absolute Gasteiger partial charge is 0.270 e. The molecule has 156 valence electrons. The molecule has 2 aromatic carbocycles. The van der Waals surface area contributed by atoms with Crippen molar-refractivity contribution in [2.24, 2.45) is 7.05 Å². The second-order valence-corrected chi connectivity index (χ2v) is 7.38. The number of anilines is 1. The molecule has 1 aromatic heterocycles. The minimum atomic E-state index is -0.497. The van der Waals surface area contributed by atoms with Crippen LogP contribution in [0.3, 0.4) is 0 Å². The number of amides is 1. The average molecular weight is 411 g/mol. The van der Waals surface area contributed by atoms with E-state index in [1.165, 1.54) is 24.3 Å². The van der Waals surface area contributed by atoms with Gasteiger partial charge in [0.2, 0.25) is 0 Å². The van der Waals surface area contributed by atoms with Crippen molar-refractivity contribution in [1.29, 1.82) is 0 Å². The monoisotopic (exact) mass is 411 g/mol. The maximum absolute atomic E-state index is 13.5. The number of nitro benzene ring substituents is 1. The van der Waals surface area contributed by atoms with Gasteiger partial charge in [-0.15, -0.1) is 0 Å². The largest absolute Gasteiger partial charge is 0.371 e. The van der Waals surface area contributed by atoms with Gasteiger partial charge in [0.1, 0.15) is 11.6 Å². The highest BCUT2D eigenvalue weighted by Gasteiger charge is 2.22. The zero-order valence-corrected chi connectivity index (χ0v) is 16.6. The number of hydrogen-bond acceptors (Lipinski definition) is 5. The van der Waals surface area contributed by atoms with Gasteiger partial charge in [-0.2, -0.15) is 0 Å². The van der Waals surface area contributed by atoms with Crippen molar-refractivity contribution >= 4 is 28.3 Å². The van der Waals surface area contributed by atoms with E-state index in [1.807, 2.05) is 0 Å².